The number of quaternary nitrogens is 2. The Morgan fingerprint density at radius 2 is 1.41 bits per heavy atom. The Bertz CT molecular complexity index is 347. The van der Waals surface area contributed by atoms with Gasteiger partial charge in [-0.15, -0.1) is 0 Å². The van der Waals surface area contributed by atoms with Gasteiger partial charge in [-0.25, -0.2) is 0 Å². The lowest BCUT2D eigenvalue weighted by molar-refractivity contribution is -0.801. The summed E-state index contributed by atoms with van der Waals surface area (Å²) in [6.07, 6.45) is 12.9. The van der Waals surface area contributed by atoms with Gasteiger partial charge in [0.05, 0.1) is 40.6 Å². The first kappa shape index (κ1) is 15.6. The van der Waals surface area contributed by atoms with Crippen LogP contribution in [0.3, 0.4) is 0 Å². The molecule has 3 heteroatoms. The highest BCUT2D eigenvalue weighted by Crippen LogP contribution is 1.96. The van der Waals surface area contributed by atoms with Crippen molar-refractivity contribution in [2.45, 2.75) is 6.92 Å². The standard InChI is InChI=1S/C14H22N2O/c1-13(9-8-12-16(4)5)14(17)10-6-7-11-15(2)3/h6-12H,1-5H3/p+2/b10-6+,11-7?,12-8+,13-9+. The van der Waals surface area contributed by atoms with Crippen molar-refractivity contribution in [3.8, 4) is 0 Å². The number of carbonyl (C=O) groups is 1. The molecule has 0 fully saturated rings. The van der Waals surface area contributed by atoms with E-state index in [0.717, 1.165) is 5.57 Å². The lowest BCUT2D eigenvalue weighted by Crippen LogP contribution is -3.00. The Kier molecular flexibility index (Phi) is 7.93. The van der Waals surface area contributed by atoms with Crippen molar-refractivity contribution in [3.63, 3.8) is 0 Å². The van der Waals surface area contributed by atoms with Crippen LogP contribution in [0, 0.1) is 0 Å². The van der Waals surface area contributed by atoms with Crippen LogP contribution >= 0.6 is 0 Å². The van der Waals surface area contributed by atoms with Gasteiger partial charge in [0.2, 0.25) is 0 Å². The lowest BCUT2D eigenvalue weighted by atomic mass is 10.1. The summed E-state index contributed by atoms with van der Waals surface area (Å²) in [5, 5.41) is 0. The van der Waals surface area contributed by atoms with E-state index in [-0.39, 0.29) is 5.78 Å². The van der Waals surface area contributed by atoms with E-state index >= 15 is 0 Å². The molecule has 0 rings (SSSR count). The average molecular weight is 236 g/mol. The summed E-state index contributed by atoms with van der Waals surface area (Å²) in [6.45, 7) is 1.82. The summed E-state index contributed by atoms with van der Waals surface area (Å²) >= 11 is 0. The molecular formula is C14H24N2O+2. The third kappa shape index (κ3) is 9.48. The molecule has 0 aromatic heterocycles. The monoisotopic (exact) mass is 236 g/mol. The Hall–Kier alpha value is -1.45. The van der Waals surface area contributed by atoms with E-state index in [4.69, 9.17) is 0 Å². The summed E-state index contributed by atoms with van der Waals surface area (Å²) in [5.41, 5.74) is 0.740. The zero-order chi connectivity index (χ0) is 13.3. The first-order valence-corrected chi connectivity index (χ1v) is 5.78. The molecule has 0 aromatic carbocycles. The minimum Gasteiger partial charge on any atom is -0.314 e. The molecule has 0 saturated heterocycles. The maximum absolute atomic E-state index is 11.6. The Morgan fingerprint density at radius 1 is 0.882 bits per heavy atom. The van der Waals surface area contributed by atoms with Gasteiger partial charge in [-0.2, -0.15) is 0 Å². The number of hydrogen-bond donors (Lipinski definition) is 2. The Labute approximate surface area is 104 Å². The van der Waals surface area contributed by atoms with Gasteiger partial charge < -0.3 is 9.80 Å². The van der Waals surface area contributed by atoms with Gasteiger partial charge in [0.25, 0.3) is 0 Å². The minimum absolute atomic E-state index is 0.0433. The minimum atomic E-state index is 0.0433. The molecule has 0 radical (unpaired) electrons. The van der Waals surface area contributed by atoms with Gasteiger partial charge in [0, 0.05) is 0 Å². The van der Waals surface area contributed by atoms with Gasteiger partial charge in [-0.3, -0.25) is 4.79 Å². The van der Waals surface area contributed by atoms with E-state index in [1.54, 1.807) is 12.2 Å². The van der Waals surface area contributed by atoms with Gasteiger partial charge >= 0.3 is 0 Å². The van der Waals surface area contributed by atoms with Crippen LogP contribution in [-0.2, 0) is 4.79 Å². The van der Waals surface area contributed by atoms with Gasteiger partial charge in [-0.1, -0.05) is 12.2 Å². The zero-order valence-electron chi connectivity index (χ0n) is 11.4. The summed E-state index contributed by atoms with van der Waals surface area (Å²) in [6, 6.07) is 0. The third-order valence-corrected chi connectivity index (χ3v) is 1.95. The second-order valence-corrected chi connectivity index (χ2v) is 4.45. The predicted molar refractivity (Wildman–Crippen MR) is 71.8 cm³/mol. The topological polar surface area (TPSA) is 26.0 Å². The average Bonchev–Trinajstić information content (AvgIpc) is 2.23. The van der Waals surface area contributed by atoms with Gasteiger partial charge in [-0.05, 0) is 30.7 Å². The maximum Gasteiger partial charge on any atom is 0.181 e. The van der Waals surface area contributed by atoms with Crippen LogP contribution in [0.1, 0.15) is 6.92 Å². The molecule has 0 atom stereocenters. The SMILES string of the molecule is C/C(=C\C=C\[NH+](C)C)C(=O)/C=C/C=C[NH+](C)C. The summed E-state index contributed by atoms with van der Waals surface area (Å²) in [7, 11) is 8.09. The molecule has 0 saturated carbocycles. The number of ketones is 1. The molecule has 0 aliphatic rings. The molecule has 0 aromatic rings. The third-order valence-electron chi connectivity index (χ3n) is 1.95. The summed E-state index contributed by atoms with van der Waals surface area (Å²) in [4.78, 5) is 14.1. The largest absolute Gasteiger partial charge is 0.314 e. The molecule has 94 valence electrons. The Morgan fingerprint density at radius 3 is 1.94 bits per heavy atom. The first-order valence-electron chi connectivity index (χ1n) is 5.78. The van der Waals surface area contributed by atoms with Crippen LogP contribution in [0.5, 0.6) is 0 Å². The number of carbonyl (C=O) groups excluding carboxylic acids is 1. The van der Waals surface area contributed by atoms with E-state index in [9.17, 15) is 4.79 Å². The fourth-order valence-corrected chi connectivity index (χ4v) is 0.989. The summed E-state index contributed by atoms with van der Waals surface area (Å²) in [5.74, 6) is 0.0433. The van der Waals surface area contributed by atoms with Gasteiger partial charge in [0.1, 0.15) is 0 Å². The number of allylic oxidation sites excluding steroid dienone is 6. The van der Waals surface area contributed by atoms with Crippen molar-refractivity contribution in [2.75, 3.05) is 28.2 Å². The van der Waals surface area contributed by atoms with E-state index in [0.29, 0.717) is 0 Å². The van der Waals surface area contributed by atoms with Crippen molar-refractivity contribution >= 4 is 5.78 Å². The molecule has 17 heavy (non-hydrogen) atoms. The quantitative estimate of drug-likeness (QED) is 0.466. The van der Waals surface area contributed by atoms with Crippen molar-refractivity contribution in [1.82, 2.24) is 0 Å². The van der Waals surface area contributed by atoms with E-state index in [1.807, 2.05) is 65.7 Å². The highest BCUT2D eigenvalue weighted by molar-refractivity contribution is 6.03. The number of rotatable bonds is 6. The number of hydrogen-bond acceptors (Lipinski definition) is 1. The van der Waals surface area contributed by atoms with E-state index in [1.165, 1.54) is 9.80 Å². The van der Waals surface area contributed by atoms with Crippen molar-refractivity contribution in [2.24, 2.45) is 0 Å². The first-order chi connectivity index (χ1) is 7.93. The Balaban J connectivity index is 4.32. The molecule has 0 aliphatic heterocycles. The smallest absolute Gasteiger partial charge is 0.181 e. The second-order valence-electron chi connectivity index (χ2n) is 4.45. The van der Waals surface area contributed by atoms with E-state index < -0.39 is 0 Å². The fraction of sp³-hybridized carbons (Fsp3) is 0.357. The van der Waals surface area contributed by atoms with Crippen LogP contribution in [0.15, 0.2) is 48.4 Å². The van der Waals surface area contributed by atoms with Crippen LogP contribution in [0.2, 0.25) is 0 Å². The summed E-state index contributed by atoms with van der Waals surface area (Å²) < 4.78 is 0. The van der Waals surface area contributed by atoms with Crippen LogP contribution in [-0.4, -0.2) is 34.0 Å². The molecule has 0 aliphatic carbocycles. The molecule has 0 heterocycles. The van der Waals surface area contributed by atoms with Crippen LogP contribution < -0.4 is 9.80 Å². The molecule has 0 bridgehead atoms. The number of nitrogens with one attached hydrogen (secondary N) is 2. The lowest BCUT2D eigenvalue weighted by Gasteiger charge is -1.96. The highest BCUT2D eigenvalue weighted by atomic mass is 16.1. The van der Waals surface area contributed by atoms with E-state index in [2.05, 4.69) is 0 Å². The molecule has 0 unspecified atom stereocenters. The molecule has 0 amide bonds. The van der Waals surface area contributed by atoms with Gasteiger partial charge in [0.15, 0.2) is 5.78 Å². The van der Waals surface area contributed by atoms with Crippen molar-refractivity contribution in [1.29, 1.82) is 0 Å². The molecular weight excluding hydrogens is 212 g/mol. The fourth-order valence-electron chi connectivity index (χ4n) is 0.989. The predicted octanol–water partition coefficient (Wildman–Crippen LogP) is -0.626. The molecule has 3 nitrogen and oxygen atoms in total. The highest BCUT2D eigenvalue weighted by Gasteiger charge is 1.96. The van der Waals surface area contributed by atoms with Crippen molar-refractivity contribution < 1.29 is 14.6 Å². The van der Waals surface area contributed by atoms with Crippen molar-refractivity contribution in [3.05, 3.63) is 48.4 Å². The zero-order valence-corrected chi connectivity index (χ0v) is 11.4. The van der Waals surface area contributed by atoms with Crippen LogP contribution in [0.4, 0.5) is 0 Å². The molecule has 0 spiro atoms. The normalized spacial score (nSPS) is 13.9. The van der Waals surface area contributed by atoms with Crippen LogP contribution in [0.25, 0.3) is 0 Å². The maximum atomic E-state index is 11.6. The second kappa shape index (κ2) is 8.67. The molecule has 2 N–H and O–H groups in total.